The molecule has 4 heterocycles. The van der Waals surface area contributed by atoms with Crippen LogP contribution >= 0.6 is 7.82 Å². The van der Waals surface area contributed by atoms with E-state index in [-0.39, 0.29) is 24.1 Å². The van der Waals surface area contributed by atoms with Gasteiger partial charge in [0.25, 0.3) is 5.56 Å². The Labute approximate surface area is 146 Å². The van der Waals surface area contributed by atoms with Gasteiger partial charge in [0.2, 0.25) is 5.95 Å². The molecular weight excluding hydrogens is 374 g/mol. The molecular formula is C10H13BN6O8P+. The minimum absolute atomic E-state index is 0.158. The number of aliphatic hydroxyl groups is 1. The number of nitro groups is 1. The van der Waals surface area contributed by atoms with Crippen molar-refractivity contribution < 1.29 is 28.7 Å². The zero-order valence-electron chi connectivity index (χ0n) is 12.9. The Balaban J connectivity index is 1.72. The van der Waals surface area contributed by atoms with E-state index in [1.807, 2.05) is 0 Å². The number of hydrogen-bond acceptors (Lipinski definition) is 12. The molecule has 1 aromatic heterocycles. The Morgan fingerprint density at radius 3 is 2.96 bits per heavy atom. The van der Waals surface area contributed by atoms with Gasteiger partial charge in [-0.3, -0.25) is 25.2 Å². The number of rotatable bonds is 2. The fraction of sp³-hybridized carbons (Fsp3) is 0.600. The van der Waals surface area contributed by atoms with Gasteiger partial charge in [0, 0.05) is 0 Å². The van der Waals surface area contributed by atoms with Crippen LogP contribution in [0.2, 0.25) is 0 Å². The molecule has 138 valence electrons. The number of H-pyrrole nitrogens is 1. The quantitative estimate of drug-likeness (QED) is 0.155. The summed E-state index contributed by atoms with van der Waals surface area (Å²) in [5.74, 6) is -0.425. The molecule has 2 radical (unpaired) electrons. The second-order valence-corrected chi connectivity index (χ2v) is 7.44. The fourth-order valence-corrected chi connectivity index (χ4v) is 4.15. The second kappa shape index (κ2) is 5.74. The van der Waals surface area contributed by atoms with Crippen molar-refractivity contribution >= 4 is 32.8 Å². The van der Waals surface area contributed by atoms with E-state index in [1.54, 1.807) is 0 Å². The number of nitrogens with two attached hydrogens (primary N) is 1. The van der Waals surface area contributed by atoms with Gasteiger partial charge in [-0.05, 0) is 0 Å². The van der Waals surface area contributed by atoms with Gasteiger partial charge in [-0.25, -0.2) is 9.79 Å². The van der Waals surface area contributed by atoms with Crippen LogP contribution in [0.1, 0.15) is 0 Å². The maximum atomic E-state index is 12.0. The molecule has 0 bridgehead atoms. The molecule has 0 amide bonds. The van der Waals surface area contributed by atoms with E-state index < -0.39 is 49.1 Å². The van der Waals surface area contributed by atoms with E-state index in [1.165, 1.54) is 0 Å². The van der Waals surface area contributed by atoms with Gasteiger partial charge < -0.3 is 15.6 Å². The largest absolute Gasteiger partial charge is 0.488 e. The minimum Gasteiger partial charge on any atom is -0.385 e. The monoisotopic (exact) mass is 387 g/mol. The van der Waals surface area contributed by atoms with E-state index in [0.29, 0.717) is 0 Å². The van der Waals surface area contributed by atoms with E-state index >= 15 is 0 Å². The Bertz CT molecular complexity index is 823. The van der Waals surface area contributed by atoms with Crippen molar-refractivity contribution in [3.63, 3.8) is 0 Å². The lowest BCUT2D eigenvalue weighted by Gasteiger charge is -2.28. The summed E-state index contributed by atoms with van der Waals surface area (Å²) in [4.78, 5) is 39.5. The summed E-state index contributed by atoms with van der Waals surface area (Å²) >= 11 is 0. The molecule has 3 aliphatic rings. The van der Waals surface area contributed by atoms with Crippen LogP contribution in [0.3, 0.4) is 0 Å². The first-order valence-corrected chi connectivity index (χ1v) is 8.97. The highest BCUT2D eigenvalue weighted by Crippen LogP contribution is 2.58. The molecule has 0 aromatic carbocycles. The number of nitrogens with zero attached hydrogens (tertiary/aromatic N) is 3. The number of aliphatic hydroxyl groups excluding tert-OH is 1. The van der Waals surface area contributed by atoms with Crippen LogP contribution in [0.25, 0.3) is 0 Å². The van der Waals surface area contributed by atoms with E-state index in [9.17, 15) is 24.9 Å². The summed E-state index contributed by atoms with van der Waals surface area (Å²) in [7, 11) is 1.82. The third-order valence-corrected chi connectivity index (χ3v) is 5.24. The first kappa shape index (κ1) is 17.4. The number of ether oxygens (including phenoxy) is 1. The summed E-state index contributed by atoms with van der Waals surface area (Å²) in [6.45, 7) is -0.179. The predicted molar refractivity (Wildman–Crippen MR) is 86.5 cm³/mol. The normalized spacial score (nSPS) is 38.5. The zero-order chi connectivity index (χ0) is 18.8. The van der Waals surface area contributed by atoms with Crippen LogP contribution in [-0.4, -0.2) is 69.9 Å². The molecule has 2 fully saturated rings. The van der Waals surface area contributed by atoms with Crippen molar-refractivity contribution in [1.29, 1.82) is 0 Å². The SMILES string of the molecule is [B][P+]1(O)OCC2OC(N3c4nc(N)[nH]c(=O)c4NC3[N+](=O)[O-])C(O)C2O1. The van der Waals surface area contributed by atoms with Crippen LogP contribution in [0, 0.1) is 10.1 Å². The van der Waals surface area contributed by atoms with Gasteiger partial charge in [0.05, 0.1) is 4.92 Å². The molecule has 16 heteroatoms. The molecule has 6 N–H and O–H groups in total. The molecule has 14 nitrogen and oxygen atoms in total. The lowest BCUT2D eigenvalue weighted by molar-refractivity contribution is -0.515. The number of fused-ring (bicyclic) bond motifs is 2. The van der Waals surface area contributed by atoms with Crippen LogP contribution in [0.5, 0.6) is 0 Å². The van der Waals surface area contributed by atoms with Crippen molar-refractivity contribution in [2.75, 3.05) is 22.6 Å². The van der Waals surface area contributed by atoms with Gasteiger partial charge in [-0.1, -0.05) is 0 Å². The van der Waals surface area contributed by atoms with E-state index in [4.69, 9.17) is 27.1 Å². The molecule has 1 aromatic rings. The average molecular weight is 387 g/mol. The maximum absolute atomic E-state index is 12.0. The summed E-state index contributed by atoms with van der Waals surface area (Å²) < 4.78 is 15.7. The van der Waals surface area contributed by atoms with E-state index in [2.05, 4.69) is 15.3 Å². The van der Waals surface area contributed by atoms with Gasteiger partial charge in [0.15, 0.2) is 23.8 Å². The van der Waals surface area contributed by atoms with Crippen molar-refractivity contribution in [2.45, 2.75) is 30.8 Å². The van der Waals surface area contributed by atoms with Gasteiger partial charge in [-0.15, -0.1) is 0 Å². The lowest BCUT2D eigenvalue weighted by atomic mass is 10.1. The Morgan fingerprint density at radius 2 is 2.27 bits per heavy atom. The smallest absolute Gasteiger partial charge is 0.385 e. The van der Waals surface area contributed by atoms with Crippen molar-refractivity contribution in [1.82, 2.24) is 9.97 Å². The maximum Gasteiger partial charge on any atom is 0.488 e. The van der Waals surface area contributed by atoms with Crippen molar-refractivity contribution in [3.8, 4) is 0 Å². The first-order valence-electron chi connectivity index (χ1n) is 7.33. The van der Waals surface area contributed by atoms with Gasteiger partial charge >= 0.3 is 21.7 Å². The van der Waals surface area contributed by atoms with E-state index in [0.717, 1.165) is 4.90 Å². The third kappa shape index (κ3) is 2.60. The second-order valence-electron chi connectivity index (χ2n) is 5.85. The Kier molecular flexibility index (Phi) is 3.84. The van der Waals surface area contributed by atoms with Crippen LogP contribution in [0.15, 0.2) is 4.79 Å². The predicted octanol–water partition coefficient (Wildman–Crippen LogP) is -2.52. The fourth-order valence-electron chi connectivity index (χ4n) is 3.12. The van der Waals surface area contributed by atoms with Crippen LogP contribution < -0.4 is 21.5 Å². The van der Waals surface area contributed by atoms with Crippen LogP contribution in [-0.2, 0) is 13.8 Å². The number of nitrogens with one attached hydrogen (secondary N) is 2. The first-order chi connectivity index (χ1) is 12.2. The standard InChI is InChI=1S/C10H13BN6O8P/c11-26(22)23-1-2-5(25-26)4(18)8(24-2)16-6-3(13-10(16)17(20)21)7(19)15-9(12)14-6/h2,4-5,8,10,13,18,22H,1H2,(H3,12,14,15,19)/q+1. The summed E-state index contributed by atoms with van der Waals surface area (Å²) in [6.07, 6.45) is -6.34. The Morgan fingerprint density at radius 1 is 1.54 bits per heavy atom. The third-order valence-electron chi connectivity index (χ3n) is 4.18. The van der Waals surface area contributed by atoms with Crippen molar-refractivity contribution in [2.24, 2.45) is 0 Å². The minimum atomic E-state index is -3.62. The molecule has 0 saturated carbocycles. The van der Waals surface area contributed by atoms with Crippen LogP contribution in [0.4, 0.5) is 17.5 Å². The highest BCUT2D eigenvalue weighted by Gasteiger charge is 2.60. The molecule has 0 spiro atoms. The molecule has 6 unspecified atom stereocenters. The molecule has 4 rings (SSSR count). The molecule has 26 heavy (non-hydrogen) atoms. The lowest BCUT2D eigenvalue weighted by Crippen LogP contribution is -2.53. The van der Waals surface area contributed by atoms with Crippen molar-refractivity contribution in [3.05, 3.63) is 20.5 Å². The average Bonchev–Trinajstić information content (AvgIpc) is 3.05. The van der Waals surface area contributed by atoms with Gasteiger partial charge in [-0.2, -0.15) is 14.0 Å². The zero-order valence-corrected chi connectivity index (χ0v) is 13.8. The number of anilines is 3. The highest BCUT2D eigenvalue weighted by molar-refractivity contribution is 7.85. The number of aromatic nitrogens is 2. The molecule has 6 atom stereocenters. The number of aromatic amines is 1. The Hall–Kier alpha value is -2.03. The number of hydrogen-bond donors (Lipinski definition) is 5. The summed E-state index contributed by atoms with van der Waals surface area (Å²) in [5, 5.41) is 24.4. The number of nitrogen functional groups attached to an aromatic ring is 1. The highest BCUT2D eigenvalue weighted by atomic mass is 31.2. The molecule has 2 saturated heterocycles. The van der Waals surface area contributed by atoms with Gasteiger partial charge in [0.1, 0.15) is 18.8 Å². The summed E-state index contributed by atoms with van der Waals surface area (Å²) in [6, 6.07) is 0. The molecule has 3 aliphatic heterocycles. The molecule has 0 aliphatic carbocycles. The summed E-state index contributed by atoms with van der Waals surface area (Å²) in [5.41, 5.74) is 4.61. The topological polar surface area (TPSA) is 198 Å².